The first kappa shape index (κ1) is 15.2. The Morgan fingerprint density at radius 2 is 1.48 bits per heavy atom. The van der Waals surface area contributed by atoms with Crippen molar-refractivity contribution in [3.63, 3.8) is 0 Å². The Kier molecular flexibility index (Phi) is 4.09. The summed E-state index contributed by atoms with van der Waals surface area (Å²) in [6, 6.07) is 4.04. The summed E-state index contributed by atoms with van der Waals surface area (Å²) in [6.07, 6.45) is -0.108. The highest BCUT2D eigenvalue weighted by molar-refractivity contribution is 6.30. The van der Waals surface area contributed by atoms with Gasteiger partial charge in [-0.2, -0.15) is 5.26 Å². The van der Waals surface area contributed by atoms with Crippen molar-refractivity contribution in [3.05, 3.63) is 51.9 Å². The van der Waals surface area contributed by atoms with Crippen LogP contribution in [0.15, 0.2) is 12.1 Å². The van der Waals surface area contributed by atoms with Crippen molar-refractivity contribution >= 4 is 11.6 Å². The monoisotopic (exact) mass is 318 g/mol. The van der Waals surface area contributed by atoms with E-state index in [1.165, 1.54) is 6.07 Å². The van der Waals surface area contributed by atoms with Gasteiger partial charge in [-0.3, -0.25) is 0 Å². The minimum absolute atomic E-state index is 0.108. The molecular formula is C13H4ClF5N2. The zero-order chi connectivity index (χ0) is 15.7. The highest BCUT2D eigenvalue weighted by Crippen LogP contribution is 2.31. The SMILES string of the molecule is N#CCc1ccc(-c2c(F)c(F)c(F)c(F)c2F)nc1Cl. The fourth-order valence-electron chi connectivity index (χ4n) is 1.65. The van der Waals surface area contributed by atoms with Crippen molar-refractivity contribution < 1.29 is 22.0 Å². The van der Waals surface area contributed by atoms with E-state index < -0.39 is 40.3 Å². The molecule has 108 valence electrons. The van der Waals surface area contributed by atoms with E-state index in [9.17, 15) is 22.0 Å². The molecule has 2 aromatic rings. The van der Waals surface area contributed by atoms with Gasteiger partial charge in [0.15, 0.2) is 23.3 Å². The number of nitriles is 1. The van der Waals surface area contributed by atoms with Crippen LogP contribution in [-0.2, 0) is 6.42 Å². The maximum atomic E-state index is 13.6. The van der Waals surface area contributed by atoms with Gasteiger partial charge in [0.25, 0.3) is 0 Å². The third-order valence-corrected chi connectivity index (χ3v) is 2.99. The zero-order valence-electron chi connectivity index (χ0n) is 10.0. The summed E-state index contributed by atoms with van der Waals surface area (Å²) in [5.74, 6) is -10.4. The first-order valence-corrected chi connectivity index (χ1v) is 5.80. The molecular weight excluding hydrogens is 315 g/mol. The van der Waals surface area contributed by atoms with Crippen LogP contribution in [0.1, 0.15) is 5.56 Å². The molecule has 0 saturated carbocycles. The van der Waals surface area contributed by atoms with Crippen molar-refractivity contribution in [2.75, 3.05) is 0 Å². The lowest BCUT2D eigenvalue weighted by Crippen LogP contribution is -2.05. The van der Waals surface area contributed by atoms with Gasteiger partial charge in [-0.25, -0.2) is 26.9 Å². The molecule has 0 saturated heterocycles. The van der Waals surface area contributed by atoms with E-state index in [4.69, 9.17) is 16.9 Å². The summed E-state index contributed by atoms with van der Waals surface area (Å²) in [5.41, 5.74) is -1.42. The van der Waals surface area contributed by atoms with Crippen LogP contribution in [0.4, 0.5) is 22.0 Å². The van der Waals surface area contributed by atoms with Gasteiger partial charge in [0.1, 0.15) is 5.15 Å². The Labute approximate surface area is 120 Å². The van der Waals surface area contributed by atoms with E-state index in [2.05, 4.69) is 4.98 Å². The lowest BCUT2D eigenvalue weighted by Gasteiger charge is -2.09. The molecule has 1 aromatic carbocycles. The lowest BCUT2D eigenvalue weighted by molar-refractivity contribution is 0.381. The third kappa shape index (κ3) is 2.54. The van der Waals surface area contributed by atoms with Crippen LogP contribution < -0.4 is 0 Å². The van der Waals surface area contributed by atoms with Crippen LogP contribution in [-0.4, -0.2) is 4.98 Å². The van der Waals surface area contributed by atoms with Crippen LogP contribution in [0.5, 0.6) is 0 Å². The number of pyridine rings is 1. The summed E-state index contributed by atoms with van der Waals surface area (Å²) in [7, 11) is 0. The van der Waals surface area contributed by atoms with E-state index >= 15 is 0 Å². The van der Waals surface area contributed by atoms with Crippen molar-refractivity contribution in [2.45, 2.75) is 6.42 Å². The maximum absolute atomic E-state index is 13.6. The minimum atomic E-state index is -2.25. The summed E-state index contributed by atoms with van der Waals surface area (Å²) in [6.45, 7) is 0. The molecule has 0 fully saturated rings. The van der Waals surface area contributed by atoms with Gasteiger partial charge in [-0.05, 0) is 6.07 Å². The van der Waals surface area contributed by atoms with Gasteiger partial charge >= 0.3 is 0 Å². The van der Waals surface area contributed by atoms with E-state index in [0.29, 0.717) is 0 Å². The molecule has 0 amide bonds. The predicted octanol–water partition coefficient (Wildman–Crippen LogP) is 4.16. The summed E-state index contributed by atoms with van der Waals surface area (Å²) in [5, 5.41) is 8.27. The Morgan fingerprint density at radius 1 is 0.952 bits per heavy atom. The number of rotatable bonds is 2. The molecule has 2 nitrogen and oxygen atoms in total. The van der Waals surface area contributed by atoms with E-state index in [1.54, 1.807) is 6.07 Å². The van der Waals surface area contributed by atoms with Gasteiger partial charge in [0, 0.05) is 5.56 Å². The summed E-state index contributed by atoms with van der Waals surface area (Å²) < 4.78 is 66.4. The maximum Gasteiger partial charge on any atom is 0.200 e. The fraction of sp³-hybridized carbons (Fsp3) is 0.0769. The largest absolute Gasteiger partial charge is 0.236 e. The molecule has 0 aliphatic rings. The van der Waals surface area contributed by atoms with Crippen molar-refractivity contribution in [3.8, 4) is 17.3 Å². The first-order chi connectivity index (χ1) is 9.88. The molecule has 1 heterocycles. The van der Waals surface area contributed by atoms with Crippen molar-refractivity contribution in [1.82, 2.24) is 4.98 Å². The standard InChI is InChI=1S/C13H4ClF5N2/c14-13-5(3-4-20)1-2-6(21-13)7-8(15)10(17)12(19)11(18)9(7)16/h1-2H,3H2. The molecule has 0 aliphatic carbocycles. The molecule has 21 heavy (non-hydrogen) atoms. The quantitative estimate of drug-likeness (QED) is 0.361. The van der Waals surface area contributed by atoms with Gasteiger partial charge in [0.2, 0.25) is 5.82 Å². The molecule has 0 atom stereocenters. The minimum Gasteiger partial charge on any atom is -0.236 e. The second-order valence-corrected chi connectivity index (χ2v) is 4.28. The van der Waals surface area contributed by atoms with Crippen LogP contribution in [0.25, 0.3) is 11.3 Å². The molecule has 8 heteroatoms. The predicted molar refractivity (Wildman–Crippen MR) is 63.8 cm³/mol. The number of benzene rings is 1. The third-order valence-electron chi connectivity index (χ3n) is 2.66. The molecule has 0 spiro atoms. The smallest absolute Gasteiger partial charge is 0.200 e. The molecule has 0 unspecified atom stereocenters. The Hall–Kier alpha value is -2.20. The second-order valence-electron chi connectivity index (χ2n) is 3.93. The normalized spacial score (nSPS) is 10.5. The zero-order valence-corrected chi connectivity index (χ0v) is 10.8. The number of aromatic nitrogens is 1. The number of hydrogen-bond donors (Lipinski definition) is 0. The van der Waals surface area contributed by atoms with Gasteiger partial charge in [-0.15, -0.1) is 0 Å². The van der Waals surface area contributed by atoms with Crippen molar-refractivity contribution in [2.24, 2.45) is 0 Å². The average Bonchev–Trinajstić information content (AvgIpc) is 2.46. The molecule has 0 aliphatic heterocycles. The van der Waals surface area contributed by atoms with Gasteiger partial charge in [-0.1, -0.05) is 17.7 Å². The topological polar surface area (TPSA) is 36.7 Å². The molecule has 0 radical (unpaired) electrons. The number of halogens is 6. The molecule has 1 aromatic heterocycles. The van der Waals surface area contributed by atoms with Crippen molar-refractivity contribution in [1.29, 1.82) is 5.26 Å². The summed E-state index contributed by atoms with van der Waals surface area (Å²) >= 11 is 5.70. The molecule has 0 bridgehead atoms. The van der Waals surface area contributed by atoms with Crippen LogP contribution in [0, 0.1) is 40.4 Å². The van der Waals surface area contributed by atoms with Gasteiger partial charge in [0.05, 0.1) is 23.7 Å². The average molecular weight is 319 g/mol. The van der Waals surface area contributed by atoms with Gasteiger partial charge < -0.3 is 0 Å². The Bertz CT molecular complexity index is 741. The first-order valence-electron chi connectivity index (χ1n) is 5.42. The Morgan fingerprint density at radius 3 is 1.95 bits per heavy atom. The number of hydrogen-bond acceptors (Lipinski definition) is 2. The molecule has 2 rings (SSSR count). The van der Waals surface area contributed by atoms with E-state index in [-0.39, 0.29) is 17.1 Å². The lowest BCUT2D eigenvalue weighted by atomic mass is 10.1. The number of nitrogens with zero attached hydrogens (tertiary/aromatic N) is 2. The van der Waals surface area contributed by atoms with Crippen LogP contribution in [0.2, 0.25) is 5.15 Å². The van der Waals surface area contributed by atoms with E-state index in [0.717, 1.165) is 6.07 Å². The van der Waals surface area contributed by atoms with Crippen LogP contribution in [0.3, 0.4) is 0 Å². The highest BCUT2D eigenvalue weighted by Gasteiger charge is 2.27. The van der Waals surface area contributed by atoms with E-state index in [1.807, 2.05) is 0 Å². The Balaban J connectivity index is 2.69. The van der Waals surface area contributed by atoms with Crippen LogP contribution >= 0.6 is 11.6 Å². The summed E-state index contributed by atoms with van der Waals surface area (Å²) in [4.78, 5) is 3.57. The fourth-order valence-corrected chi connectivity index (χ4v) is 1.87. The molecule has 0 N–H and O–H groups in total. The highest BCUT2D eigenvalue weighted by atomic mass is 35.5. The second kappa shape index (κ2) is 5.66.